The van der Waals surface area contributed by atoms with Gasteiger partial charge in [0.2, 0.25) is 0 Å². The molecule has 4 nitrogen and oxygen atoms in total. The smallest absolute Gasteiger partial charge is 0.310 e. The Kier molecular flexibility index (Phi) is 4.59. The Bertz CT molecular complexity index is 418. The molecule has 0 radical (unpaired) electrons. The van der Waals surface area contributed by atoms with Gasteiger partial charge in [-0.1, -0.05) is 0 Å². The summed E-state index contributed by atoms with van der Waals surface area (Å²) in [6.45, 7) is 5.52. The van der Waals surface area contributed by atoms with Crippen molar-refractivity contribution in [3.8, 4) is 11.5 Å². The lowest BCUT2D eigenvalue weighted by Crippen LogP contribution is -2.25. The third-order valence-corrected chi connectivity index (χ3v) is 2.24. The third kappa shape index (κ3) is 4.28. The minimum absolute atomic E-state index is 0.164. The van der Waals surface area contributed by atoms with Gasteiger partial charge in [0.1, 0.15) is 17.1 Å². The summed E-state index contributed by atoms with van der Waals surface area (Å²) in [6, 6.07) is 5.35. The van der Waals surface area contributed by atoms with Crippen molar-refractivity contribution in [3.63, 3.8) is 0 Å². The van der Waals surface area contributed by atoms with Gasteiger partial charge in [-0.15, -0.1) is 0 Å². The van der Waals surface area contributed by atoms with Crippen molar-refractivity contribution in [2.45, 2.75) is 32.8 Å². The van der Waals surface area contributed by atoms with Gasteiger partial charge >= 0.3 is 5.97 Å². The van der Waals surface area contributed by atoms with Crippen LogP contribution < -0.4 is 9.47 Å². The third-order valence-electron chi connectivity index (χ3n) is 2.24. The molecule has 0 saturated carbocycles. The van der Waals surface area contributed by atoms with Crippen LogP contribution in [0.3, 0.4) is 0 Å². The Balaban J connectivity index is 2.85. The summed E-state index contributed by atoms with van der Waals surface area (Å²) >= 11 is 0. The van der Waals surface area contributed by atoms with E-state index in [0.29, 0.717) is 11.5 Å². The summed E-state index contributed by atoms with van der Waals surface area (Å²) in [7, 11) is 3.15. The van der Waals surface area contributed by atoms with E-state index < -0.39 is 5.60 Å². The van der Waals surface area contributed by atoms with Crippen LogP contribution >= 0.6 is 0 Å². The predicted molar refractivity (Wildman–Crippen MR) is 69.1 cm³/mol. The Labute approximate surface area is 108 Å². The van der Waals surface area contributed by atoms with Crippen LogP contribution in [-0.4, -0.2) is 25.8 Å². The molecule has 18 heavy (non-hydrogen) atoms. The van der Waals surface area contributed by atoms with Gasteiger partial charge in [-0.05, 0) is 39.0 Å². The number of hydrogen-bond acceptors (Lipinski definition) is 4. The Morgan fingerprint density at radius 2 is 1.83 bits per heavy atom. The van der Waals surface area contributed by atoms with Crippen molar-refractivity contribution < 1.29 is 19.0 Å². The highest BCUT2D eigenvalue weighted by molar-refractivity contribution is 5.74. The van der Waals surface area contributed by atoms with Crippen LogP contribution in [0.15, 0.2) is 18.2 Å². The van der Waals surface area contributed by atoms with E-state index in [4.69, 9.17) is 14.2 Å². The number of methoxy groups -OCH3 is 2. The first kappa shape index (κ1) is 14.4. The normalized spacial score (nSPS) is 10.9. The van der Waals surface area contributed by atoms with Gasteiger partial charge in [-0.25, -0.2) is 0 Å². The van der Waals surface area contributed by atoms with E-state index in [1.807, 2.05) is 20.8 Å². The van der Waals surface area contributed by atoms with Gasteiger partial charge in [-0.3, -0.25) is 4.79 Å². The van der Waals surface area contributed by atoms with E-state index in [-0.39, 0.29) is 12.4 Å². The van der Waals surface area contributed by atoms with Gasteiger partial charge in [0.15, 0.2) is 0 Å². The van der Waals surface area contributed by atoms with Crippen molar-refractivity contribution in [3.05, 3.63) is 23.8 Å². The number of esters is 1. The lowest BCUT2D eigenvalue weighted by Gasteiger charge is -2.20. The average molecular weight is 252 g/mol. The first-order valence-corrected chi connectivity index (χ1v) is 5.78. The Morgan fingerprint density at radius 1 is 1.17 bits per heavy atom. The minimum atomic E-state index is -0.483. The fourth-order valence-electron chi connectivity index (χ4n) is 1.55. The molecule has 0 aliphatic heterocycles. The molecule has 0 spiro atoms. The molecular formula is C14H20O4. The number of benzene rings is 1. The lowest BCUT2D eigenvalue weighted by atomic mass is 10.1. The standard InChI is InChI=1S/C14H20O4/c1-14(2,3)18-13(15)9-10-8-11(16-4)6-7-12(10)17-5/h6-8H,9H2,1-5H3. The van der Waals surface area contributed by atoms with E-state index in [1.165, 1.54) is 0 Å². The van der Waals surface area contributed by atoms with Gasteiger partial charge in [-0.2, -0.15) is 0 Å². The zero-order chi connectivity index (χ0) is 13.8. The van der Waals surface area contributed by atoms with Crippen molar-refractivity contribution in [1.29, 1.82) is 0 Å². The highest BCUT2D eigenvalue weighted by atomic mass is 16.6. The first-order chi connectivity index (χ1) is 8.35. The maximum absolute atomic E-state index is 11.8. The fraction of sp³-hybridized carbons (Fsp3) is 0.500. The molecule has 1 rings (SSSR count). The highest BCUT2D eigenvalue weighted by Crippen LogP contribution is 2.25. The van der Waals surface area contributed by atoms with Crippen LogP contribution in [0, 0.1) is 0 Å². The predicted octanol–water partition coefficient (Wildman–Crippen LogP) is 2.59. The van der Waals surface area contributed by atoms with Crippen LogP contribution in [-0.2, 0) is 16.0 Å². The van der Waals surface area contributed by atoms with E-state index in [9.17, 15) is 4.79 Å². The van der Waals surface area contributed by atoms with Gasteiger partial charge < -0.3 is 14.2 Å². The van der Waals surface area contributed by atoms with E-state index >= 15 is 0 Å². The van der Waals surface area contributed by atoms with Crippen LogP contribution in [0.4, 0.5) is 0 Å². The molecule has 0 N–H and O–H groups in total. The van der Waals surface area contributed by atoms with Crippen molar-refractivity contribution in [1.82, 2.24) is 0 Å². The minimum Gasteiger partial charge on any atom is -0.497 e. The van der Waals surface area contributed by atoms with E-state index in [1.54, 1.807) is 32.4 Å². The van der Waals surface area contributed by atoms with E-state index in [2.05, 4.69) is 0 Å². The van der Waals surface area contributed by atoms with Crippen molar-refractivity contribution in [2.24, 2.45) is 0 Å². The number of rotatable bonds is 4. The number of hydrogen-bond donors (Lipinski definition) is 0. The maximum atomic E-state index is 11.8. The SMILES string of the molecule is COc1ccc(OC)c(CC(=O)OC(C)(C)C)c1. The van der Waals surface area contributed by atoms with Gasteiger partial charge in [0.05, 0.1) is 20.6 Å². The van der Waals surface area contributed by atoms with Crippen LogP contribution in [0.2, 0.25) is 0 Å². The maximum Gasteiger partial charge on any atom is 0.310 e. The molecule has 0 fully saturated rings. The summed E-state index contributed by atoms with van der Waals surface area (Å²) in [5, 5.41) is 0. The molecule has 0 unspecified atom stereocenters. The first-order valence-electron chi connectivity index (χ1n) is 5.78. The molecule has 0 aromatic heterocycles. The summed E-state index contributed by atoms with van der Waals surface area (Å²) in [5.41, 5.74) is 0.273. The molecule has 1 aromatic rings. The van der Waals surface area contributed by atoms with Crippen LogP contribution in [0.5, 0.6) is 11.5 Å². The zero-order valence-corrected chi connectivity index (χ0v) is 11.6. The Hall–Kier alpha value is -1.71. The van der Waals surface area contributed by atoms with Crippen molar-refractivity contribution in [2.75, 3.05) is 14.2 Å². The second-order valence-corrected chi connectivity index (χ2v) is 4.94. The zero-order valence-electron chi connectivity index (χ0n) is 11.6. The largest absolute Gasteiger partial charge is 0.497 e. The number of ether oxygens (including phenoxy) is 3. The molecular weight excluding hydrogens is 232 g/mol. The second-order valence-electron chi connectivity index (χ2n) is 4.94. The molecule has 0 amide bonds. The average Bonchev–Trinajstić information content (AvgIpc) is 2.26. The second kappa shape index (κ2) is 5.76. The summed E-state index contributed by atoms with van der Waals surface area (Å²) in [5.74, 6) is 1.06. The van der Waals surface area contributed by atoms with Crippen LogP contribution in [0.1, 0.15) is 26.3 Å². The Morgan fingerprint density at radius 3 is 2.33 bits per heavy atom. The molecule has 100 valence electrons. The lowest BCUT2D eigenvalue weighted by molar-refractivity contribution is -0.153. The molecule has 0 atom stereocenters. The number of carbonyl (C=O) groups is 1. The highest BCUT2D eigenvalue weighted by Gasteiger charge is 2.18. The van der Waals surface area contributed by atoms with Gasteiger partial charge in [0, 0.05) is 5.56 Å². The van der Waals surface area contributed by atoms with Crippen LogP contribution in [0.25, 0.3) is 0 Å². The molecule has 0 aliphatic rings. The summed E-state index contributed by atoms with van der Waals surface area (Å²) in [6.07, 6.45) is 0.164. The van der Waals surface area contributed by atoms with Gasteiger partial charge in [0.25, 0.3) is 0 Å². The summed E-state index contributed by atoms with van der Waals surface area (Å²) in [4.78, 5) is 11.8. The van der Waals surface area contributed by atoms with E-state index in [0.717, 1.165) is 5.56 Å². The topological polar surface area (TPSA) is 44.8 Å². The molecule has 0 aliphatic carbocycles. The fourth-order valence-corrected chi connectivity index (χ4v) is 1.55. The molecule has 0 saturated heterocycles. The molecule has 0 heterocycles. The number of carbonyl (C=O) groups excluding carboxylic acids is 1. The quantitative estimate of drug-likeness (QED) is 0.773. The molecule has 0 bridgehead atoms. The monoisotopic (exact) mass is 252 g/mol. The van der Waals surface area contributed by atoms with Crippen molar-refractivity contribution >= 4 is 5.97 Å². The molecule has 4 heteroatoms. The summed E-state index contributed by atoms with van der Waals surface area (Å²) < 4.78 is 15.6. The molecule has 1 aromatic carbocycles.